The lowest BCUT2D eigenvalue weighted by molar-refractivity contribution is -0.142. The van der Waals surface area contributed by atoms with Crippen molar-refractivity contribution in [2.24, 2.45) is 0 Å². The Morgan fingerprint density at radius 2 is 0.719 bits per heavy atom. The molecule has 16 nitrogen and oxygen atoms in total. The molecule has 1 aliphatic heterocycles. The van der Waals surface area contributed by atoms with Crippen molar-refractivity contribution in [3.05, 3.63) is 108 Å². The van der Waals surface area contributed by atoms with Gasteiger partial charge in [0.1, 0.15) is 18.1 Å². The lowest BCUT2D eigenvalue weighted by Crippen LogP contribution is -2.52. The fourth-order valence-corrected chi connectivity index (χ4v) is 6.45. The van der Waals surface area contributed by atoms with E-state index in [1.807, 2.05) is 32.9 Å². The average Bonchev–Trinajstić information content (AvgIpc) is 3.18. The molecule has 3 aromatic rings. The topological polar surface area (TPSA) is 221 Å². The number of nitrogens with zero attached hydrogens (tertiary/aromatic N) is 3. The van der Waals surface area contributed by atoms with Gasteiger partial charge in [-0.2, -0.15) is 0 Å². The number of carbonyl (C=O) groups excluding carboxylic acids is 3. The molecule has 7 N–H and O–H groups in total. The largest absolute Gasteiger partial charge is 0.480 e. The Morgan fingerprint density at radius 1 is 0.456 bits per heavy atom. The molecule has 3 aromatic carbocycles. The summed E-state index contributed by atoms with van der Waals surface area (Å²) in [5.74, 6) is -4.94. The van der Waals surface area contributed by atoms with Crippen molar-refractivity contribution in [3.63, 3.8) is 0 Å². The van der Waals surface area contributed by atoms with Gasteiger partial charge in [-0.25, -0.2) is 14.4 Å². The van der Waals surface area contributed by atoms with Gasteiger partial charge in [0.05, 0.1) is 19.6 Å². The molecule has 0 saturated carbocycles. The van der Waals surface area contributed by atoms with Crippen LogP contribution in [0.3, 0.4) is 0 Å². The monoisotopic (exact) mass is 787 g/mol. The highest BCUT2D eigenvalue weighted by atomic mass is 16.4. The second-order valence-corrected chi connectivity index (χ2v) is 14.0. The van der Waals surface area contributed by atoms with E-state index in [-0.39, 0.29) is 52.0 Å². The normalized spacial score (nSPS) is 16.4. The fourth-order valence-electron chi connectivity index (χ4n) is 6.45. The van der Waals surface area contributed by atoms with Gasteiger partial charge in [0.15, 0.2) is 0 Å². The van der Waals surface area contributed by atoms with Crippen molar-refractivity contribution in [1.29, 1.82) is 0 Å². The zero-order valence-electron chi connectivity index (χ0n) is 31.9. The maximum absolute atomic E-state index is 13.4. The van der Waals surface area contributed by atoms with Crippen molar-refractivity contribution in [2.45, 2.75) is 37.4 Å². The molecule has 0 aliphatic carbocycles. The van der Waals surface area contributed by atoms with Crippen LogP contribution < -0.4 is 21.3 Å². The summed E-state index contributed by atoms with van der Waals surface area (Å²) in [4.78, 5) is 81.5. The summed E-state index contributed by atoms with van der Waals surface area (Å²) >= 11 is 0. The van der Waals surface area contributed by atoms with E-state index in [0.29, 0.717) is 39.3 Å². The number of carbonyl (C=O) groups is 6. The number of rotatable bonds is 18. The molecular weight excluding hydrogens is 734 g/mol. The van der Waals surface area contributed by atoms with Gasteiger partial charge < -0.3 is 36.6 Å². The van der Waals surface area contributed by atoms with Crippen LogP contribution in [0.2, 0.25) is 0 Å². The summed E-state index contributed by atoms with van der Waals surface area (Å²) in [6, 6.07) is 23.5. The Kier molecular flexibility index (Phi) is 18.1. The quantitative estimate of drug-likeness (QED) is 0.0900. The molecule has 0 radical (unpaired) electrons. The van der Waals surface area contributed by atoms with E-state index in [4.69, 9.17) is 0 Å². The van der Waals surface area contributed by atoms with Crippen LogP contribution in [0.25, 0.3) is 0 Å². The third-order valence-corrected chi connectivity index (χ3v) is 9.52. The molecule has 16 heteroatoms. The van der Waals surface area contributed by atoms with Gasteiger partial charge in [-0.15, -0.1) is 0 Å². The SMILES string of the molecule is O=C(CN1CCNCCN(CC(=O)N[C@@H](Cc2ccccc2)C(=O)O)CCN(CC(=O)N[C@@H](Cc2ccccc2)C(=O)O)CC1)N[C@@H](Cc1ccccc1)C(=O)O. The number of aliphatic carboxylic acids is 3. The molecular formula is C41H53N7O9. The molecule has 4 rings (SSSR count). The molecule has 57 heavy (non-hydrogen) atoms. The van der Waals surface area contributed by atoms with Crippen LogP contribution in [-0.2, 0) is 48.0 Å². The van der Waals surface area contributed by atoms with Gasteiger partial charge in [0, 0.05) is 71.6 Å². The third-order valence-electron chi connectivity index (χ3n) is 9.52. The first kappa shape index (κ1) is 44.0. The third kappa shape index (κ3) is 16.5. The minimum absolute atomic E-state index is 0.0872. The van der Waals surface area contributed by atoms with Crippen LogP contribution in [-0.4, -0.2) is 156 Å². The number of carboxylic acid groups (broad SMARTS) is 3. The van der Waals surface area contributed by atoms with Crippen molar-refractivity contribution in [3.8, 4) is 0 Å². The average molecular weight is 788 g/mol. The number of hydrogen-bond donors (Lipinski definition) is 7. The Labute approximate surface area is 332 Å². The van der Waals surface area contributed by atoms with Crippen molar-refractivity contribution in [2.75, 3.05) is 72.0 Å². The zero-order valence-corrected chi connectivity index (χ0v) is 31.9. The van der Waals surface area contributed by atoms with Gasteiger partial charge in [-0.3, -0.25) is 29.1 Å². The number of amides is 3. The van der Waals surface area contributed by atoms with Crippen LogP contribution in [0, 0.1) is 0 Å². The van der Waals surface area contributed by atoms with Gasteiger partial charge in [-0.05, 0) is 16.7 Å². The number of nitrogens with one attached hydrogen (secondary N) is 4. The fraction of sp³-hybridized carbons (Fsp3) is 0.415. The summed E-state index contributed by atoms with van der Waals surface area (Å²) in [6.45, 7) is 2.53. The molecule has 306 valence electrons. The highest BCUT2D eigenvalue weighted by Gasteiger charge is 2.26. The lowest BCUT2D eigenvalue weighted by atomic mass is 10.1. The highest BCUT2D eigenvalue weighted by molar-refractivity contribution is 5.86. The zero-order chi connectivity index (χ0) is 41.0. The Morgan fingerprint density at radius 3 is 0.982 bits per heavy atom. The first-order valence-electron chi connectivity index (χ1n) is 19.0. The predicted molar refractivity (Wildman–Crippen MR) is 211 cm³/mol. The second-order valence-electron chi connectivity index (χ2n) is 14.0. The summed E-state index contributed by atoms with van der Waals surface area (Å²) < 4.78 is 0. The van der Waals surface area contributed by atoms with Crippen molar-refractivity contribution >= 4 is 35.6 Å². The molecule has 3 amide bonds. The molecule has 3 atom stereocenters. The predicted octanol–water partition coefficient (Wildman–Crippen LogP) is -0.0681. The maximum atomic E-state index is 13.4. The smallest absolute Gasteiger partial charge is 0.326 e. The van der Waals surface area contributed by atoms with Crippen LogP contribution in [0.1, 0.15) is 16.7 Å². The van der Waals surface area contributed by atoms with E-state index in [1.165, 1.54) is 0 Å². The van der Waals surface area contributed by atoms with Crippen LogP contribution >= 0.6 is 0 Å². The van der Waals surface area contributed by atoms with Gasteiger partial charge in [0.2, 0.25) is 17.7 Å². The summed E-state index contributed by atoms with van der Waals surface area (Å²) in [7, 11) is 0. The van der Waals surface area contributed by atoms with Crippen LogP contribution in [0.5, 0.6) is 0 Å². The summed E-state index contributed by atoms with van der Waals surface area (Å²) in [6.07, 6.45) is 0.322. The van der Waals surface area contributed by atoms with Gasteiger partial charge in [0.25, 0.3) is 0 Å². The molecule has 1 saturated heterocycles. The molecule has 0 unspecified atom stereocenters. The Balaban J connectivity index is 1.43. The van der Waals surface area contributed by atoms with E-state index in [0.717, 1.165) is 16.7 Å². The van der Waals surface area contributed by atoms with Crippen LogP contribution in [0.15, 0.2) is 91.0 Å². The van der Waals surface area contributed by atoms with E-state index < -0.39 is 53.8 Å². The minimum Gasteiger partial charge on any atom is -0.480 e. The minimum atomic E-state index is -1.18. The van der Waals surface area contributed by atoms with E-state index in [2.05, 4.69) is 21.3 Å². The Hall–Kier alpha value is -5.68. The van der Waals surface area contributed by atoms with Gasteiger partial charge >= 0.3 is 17.9 Å². The molecule has 0 spiro atoms. The molecule has 0 bridgehead atoms. The summed E-state index contributed by atoms with van der Waals surface area (Å²) in [5, 5.41) is 40.8. The Bertz CT molecular complexity index is 1660. The van der Waals surface area contributed by atoms with E-state index >= 15 is 0 Å². The van der Waals surface area contributed by atoms with Gasteiger partial charge in [-0.1, -0.05) is 91.0 Å². The lowest BCUT2D eigenvalue weighted by Gasteiger charge is -2.31. The van der Waals surface area contributed by atoms with E-state index in [9.17, 15) is 44.1 Å². The molecule has 1 heterocycles. The molecule has 1 fully saturated rings. The maximum Gasteiger partial charge on any atom is 0.326 e. The van der Waals surface area contributed by atoms with E-state index in [1.54, 1.807) is 72.8 Å². The molecule has 1 aliphatic rings. The first-order chi connectivity index (χ1) is 27.4. The standard InChI is InChI=1S/C41H53N7O9/c49-36(43-33(39(52)53)24-30-10-4-1-5-11-30)27-46-18-16-42-17-19-47(28-37(50)44-34(40(54)55)25-31-12-6-2-7-13-31)21-23-48(22-20-46)29-38(51)45-35(41(56)57)26-32-14-8-3-9-15-32/h1-15,33-35,42H,16-29H2,(H,43,49)(H,44,50)(H,45,51)(H,52,53)(H,54,55)(H,56,57)/t33-,34-,35-/m0/s1. The molecule has 0 aromatic heterocycles. The highest BCUT2D eigenvalue weighted by Crippen LogP contribution is 2.07. The van der Waals surface area contributed by atoms with Crippen LogP contribution in [0.4, 0.5) is 0 Å². The summed E-state index contributed by atoms with van der Waals surface area (Å²) in [5.41, 5.74) is 2.28. The van der Waals surface area contributed by atoms with Crippen molar-refractivity contribution in [1.82, 2.24) is 36.0 Å². The number of carboxylic acids is 3. The van der Waals surface area contributed by atoms with Crippen molar-refractivity contribution < 1.29 is 44.1 Å². The number of hydrogen-bond acceptors (Lipinski definition) is 10. The number of benzene rings is 3. The second kappa shape index (κ2) is 23.4. The first-order valence-corrected chi connectivity index (χ1v) is 19.0.